The zero-order valence-corrected chi connectivity index (χ0v) is 19.6. The number of amides is 1. The number of carbonyl (C=O) groups is 1. The quantitative estimate of drug-likeness (QED) is 0.569. The molecule has 2 aliphatic heterocycles. The second-order valence-corrected chi connectivity index (χ2v) is 8.92. The number of methoxy groups -OCH3 is 1. The van der Waals surface area contributed by atoms with Crippen LogP contribution in [0.4, 0.5) is 5.95 Å². The molecule has 2 aromatic carbocycles. The Kier molecular flexibility index (Phi) is 6.33. The first kappa shape index (κ1) is 22.8. The standard InChI is InChI=1S/C26H28N6O3/c1-35-20-9-7-18(8-10-20)23-13-22(17-5-3-2-4-6-17)30-32(23)25(34)16-31-12-11-19(15-31)21-14-24(33)29-26(27)28-21/h2-10,14,19,23H,11-13,15-16H2,1H3,(H3,27,28,29,33). The van der Waals surface area contributed by atoms with Gasteiger partial charge in [0.05, 0.1) is 31.1 Å². The Morgan fingerprint density at radius 3 is 2.66 bits per heavy atom. The fourth-order valence-electron chi connectivity index (χ4n) is 4.82. The van der Waals surface area contributed by atoms with Crippen molar-refractivity contribution < 1.29 is 9.53 Å². The van der Waals surface area contributed by atoms with Crippen molar-refractivity contribution in [2.75, 3.05) is 32.5 Å². The molecule has 5 rings (SSSR count). The number of aromatic nitrogens is 2. The molecule has 0 saturated carbocycles. The molecule has 3 heterocycles. The molecule has 180 valence electrons. The highest BCUT2D eigenvalue weighted by molar-refractivity contribution is 6.03. The molecule has 3 N–H and O–H groups in total. The van der Waals surface area contributed by atoms with E-state index in [9.17, 15) is 9.59 Å². The lowest BCUT2D eigenvalue weighted by Crippen LogP contribution is -2.37. The molecule has 0 bridgehead atoms. The first-order valence-electron chi connectivity index (χ1n) is 11.7. The average molecular weight is 473 g/mol. The van der Waals surface area contributed by atoms with Gasteiger partial charge in [-0.3, -0.25) is 19.5 Å². The van der Waals surface area contributed by atoms with Crippen molar-refractivity contribution in [3.05, 3.63) is 87.8 Å². The maximum Gasteiger partial charge on any atom is 0.257 e. The molecule has 2 unspecified atom stereocenters. The molecule has 1 aromatic heterocycles. The predicted octanol–water partition coefficient (Wildman–Crippen LogP) is 2.53. The molecule has 0 spiro atoms. The molecule has 9 heteroatoms. The minimum atomic E-state index is -0.260. The van der Waals surface area contributed by atoms with Crippen molar-refractivity contribution in [2.45, 2.75) is 24.8 Å². The molecular formula is C26H28N6O3. The van der Waals surface area contributed by atoms with E-state index < -0.39 is 0 Å². The molecule has 9 nitrogen and oxygen atoms in total. The molecular weight excluding hydrogens is 444 g/mol. The largest absolute Gasteiger partial charge is 0.497 e. The number of hydrogen-bond acceptors (Lipinski definition) is 7. The number of benzene rings is 2. The van der Waals surface area contributed by atoms with Gasteiger partial charge in [-0.1, -0.05) is 42.5 Å². The van der Waals surface area contributed by atoms with Crippen LogP contribution in [0.15, 0.2) is 70.6 Å². The van der Waals surface area contributed by atoms with Crippen LogP contribution in [-0.4, -0.2) is 58.2 Å². The van der Waals surface area contributed by atoms with Gasteiger partial charge >= 0.3 is 0 Å². The lowest BCUT2D eigenvalue weighted by molar-refractivity contribution is -0.134. The second kappa shape index (κ2) is 9.71. The minimum Gasteiger partial charge on any atom is -0.497 e. The van der Waals surface area contributed by atoms with Crippen LogP contribution in [0.3, 0.4) is 0 Å². The monoisotopic (exact) mass is 472 g/mol. The normalized spacial score (nSPS) is 20.1. The zero-order chi connectivity index (χ0) is 24.4. The Morgan fingerprint density at radius 2 is 1.94 bits per heavy atom. The van der Waals surface area contributed by atoms with E-state index in [0.29, 0.717) is 18.7 Å². The Hall–Kier alpha value is -3.98. The highest BCUT2D eigenvalue weighted by Crippen LogP contribution is 2.34. The number of hydrazone groups is 1. The van der Waals surface area contributed by atoms with Gasteiger partial charge in [-0.2, -0.15) is 5.10 Å². The summed E-state index contributed by atoms with van der Waals surface area (Å²) < 4.78 is 5.30. The van der Waals surface area contributed by atoms with E-state index in [4.69, 9.17) is 15.6 Å². The molecule has 2 aliphatic rings. The van der Waals surface area contributed by atoms with Crippen LogP contribution in [-0.2, 0) is 4.79 Å². The number of carbonyl (C=O) groups excluding carboxylic acids is 1. The lowest BCUT2D eigenvalue weighted by Gasteiger charge is -2.25. The number of nitrogens with two attached hydrogens (primary N) is 1. The van der Waals surface area contributed by atoms with Crippen molar-refractivity contribution in [3.8, 4) is 5.75 Å². The Morgan fingerprint density at radius 1 is 1.17 bits per heavy atom. The summed E-state index contributed by atoms with van der Waals surface area (Å²) in [6, 6.07) is 19.1. The summed E-state index contributed by atoms with van der Waals surface area (Å²) in [6.07, 6.45) is 1.45. The van der Waals surface area contributed by atoms with Crippen LogP contribution in [0.25, 0.3) is 0 Å². The van der Waals surface area contributed by atoms with Gasteiger partial charge in [0.25, 0.3) is 11.5 Å². The Labute approximate surface area is 203 Å². The number of anilines is 1. The first-order valence-corrected chi connectivity index (χ1v) is 11.7. The topological polar surface area (TPSA) is 117 Å². The number of aromatic amines is 1. The number of hydrogen-bond donors (Lipinski definition) is 2. The van der Waals surface area contributed by atoms with E-state index in [1.165, 1.54) is 6.07 Å². The van der Waals surface area contributed by atoms with Crippen LogP contribution in [0.5, 0.6) is 5.75 Å². The molecule has 0 radical (unpaired) electrons. The highest BCUT2D eigenvalue weighted by Gasteiger charge is 2.35. The fraction of sp³-hybridized carbons (Fsp3) is 0.308. The first-order chi connectivity index (χ1) is 17.0. The summed E-state index contributed by atoms with van der Waals surface area (Å²) in [5, 5.41) is 6.40. The van der Waals surface area contributed by atoms with Gasteiger partial charge < -0.3 is 10.5 Å². The van der Waals surface area contributed by atoms with Crippen LogP contribution in [0.1, 0.15) is 41.6 Å². The summed E-state index contributed by atoms with van der Waals surface area (Å²) in [7, 11) is 1.63. The third kappa shape index (κ3) is 4.95. The number of nitrogen functional groups attached to an aromatic ring is 1. The van der Waals surface area contributed by atoms with Crippen molar-refractivity contribution in [1.29, 1.82) is 0 Å². The van der Waals surface area contributed by atoms with Gasteiger partial charge in [0.15, 0.2) is 0 Å². The maximum atomic E-state index is 13.5. The molecule has 1 fully saturated rings. The van der Waals surface area contributed by atoms with Gasteiger partial charge in [-0.05, 0) is 36.2 Å². The number of rotatable bonds is 6. The molecule has 1 amide bonds. The third-order valence-electron chi connectivity index (χ3n) is 6.60. The summed E-state index contributed by atoms with van der Waals surface area (Å²) in [4.78, 5) is 34.1. The smallest absolute Gasteiger partial charge is 0.257 e. The van der Waals surface area contributed by atoms with Crippen molar-refractivity contribution >= 4 is 17.6 Å². The molecule has 3 aromatic rings. The van der Waals surface area contributed by atoms with E-state index in [1.807, 2.05) is 54.6 Å². The lowest BCUT2D eigenvalue weighted by atomic mass is 9.98. The summed E-state index contributed by atoms with van der Waals surface area (Å²) in [5.41, 5.74) is 9.04. The molecule has 35 heavy (non-hydrogen) atoms. The van der Waals surface area contributed by atoms with Crippen molar-refractivity contribution in [1.82, 2.24) is 19.9 Å². The van der Waals surface area contributed by atoms with Gasteiger partial charge in [0, 0.05) is 24.9 Å². The van der Waals surface area contributed by atoms with Crippen LogP contribution in [0.2, 0.25) is 0 Å². The van der Waals surface area contributed by atoms with E-state index in [-0.39, 0.29) is 35.9 Å². The number of likely N-dealkylation sites (tertiary alicyclic amines) is 1. The fourth-order valence-corrected chi connectivity index (χ4v) is 4.82. The third-order valence-corrected chi connectivity index (χ3v) is 6.60. The zero-order valence-electron chi connectivity index (χ0n) is 19.6. The molecule has 2 atom stereocenters. The number of ether oxygens (including phenoxy) is 1. The van der Waals surface area contributed by atoms with Gasteiger partial charge in [-0.15, -0.1) is 0 Å². The Bertz CT molecular complexity index is 1290. The van der Waals surface area contributed by atoms with Crippen LogP contribution < -0.4 is 16.0 Å². The number of H-pyrrole nitrogens is 1. The van der Waals surface area contributed by atoms with Gasteiger partial charge in [0.1, 0.15) is 5.75 Å². The molecule has 0 aliphatic carbocycles. The number of nitrogens with one attached hydrogen (secondary N) is 1. The van der Waals surface area contributed by atoms with Crippen LogP contribution in [0, 0.1) is 0 Å². The predicted molar refractivity (Wildman–Crippen MR) is 133 cm³/mol. The summed E-state index contributed by atoms with van der Waals surface area (Å²) in [5.74, 6) is 0.887. The van der Waals surface area contributed by atoms with Crippen molar-refractivity contribution in [3.63, 3.8) is 0 Å². The van der Waals surface area contributed by atoms with E-state index in [2.05, 4.69) is 14.9 Å². The van der Waals surface area contributed by atoms with Gasteiger partial charge in [0.2, 0.25) is 5.95 Å². The molecule has 1 saturated heterocycles. The highest BCUT2D eigenvalue weighted by atomic mass is 16.5. The number of nitrogens with zero attached hydrogens (tertiary/aromatic N) is 4. The second-order valence-electron chi connectivity index (χ2n) is 8.92. The van der Waals surface area contributed by atoms with Crippen LogP contribution >= 0.6 is 0 Å². The van der Waals surface area contributed by atoms with Crippen molar-refractivity contribution in [2.24, 2.45) is 5.10 Å². The van der Waals surface area contributed by atoms with E-state index in [0.717, 1.165) is 35.6 Å². The minimum absolute atomic E-state index is 0.0595. The summed E-state index contributed by atoms with van der Waals surface area (Å²) in [6.45, 7) is 1.62. The van der Waals surface area contributed by atoms with E-state index >= 15 is 0 Å². The maximum absolute atomic E-state index is 13.5. The van der Waals surface area contributed by atoms with E-state index in [1.54, 1.807) is 12.1 Å². The Balaban J connectivity index is 1.34. The SMILES string of the molecule is COc1ccc(C2CC(c3ccccc3)=NN2C(=O)CN2CCC(c3cc(=O)[nH]c(N)n3)C2)cc1. The summed E-state index contributed by atoms with van der Waals surface area (Å²) >= 11 is 0. The average Bonchev–Trinajstić information content (AvgIpc) is 3.52. The van der Waals surface area contributed by atoms with Gasteiger partial charge in [-0.25, -0.2) is 9.99 Å².